The summed E-state index contributed by atoms with van der Waals surface area (Å²) in [7, 11) is 1.82. The normalized spacial score (nSPS) is 12.8. The van der Waals surface area contributed by atoms with Crippen LogP contribution in [-0.2, 0) is 26.1 Å². The number of alkyl halides is 3. The van der Waals surface area contributed by atoms with Gasteiger partial charge in [-0.25, -0.2) is 0 Å². The highest BCUT2D eigenvalue weighted by Crippen LogP contribution is 2.43. The van der Waals surface area contributed by atoms with Crippen LogP contribution < -0.4 is 11.5 Å². The topological polar surface area (TPSA) is 86.9 Å². The molecule has 0 spiro atoms. The van der Waals surface area contributed by atoms with Crippen LogP contribution in [0.5, 0.6) is 0 Å². The van der Waals surface area contributed by atoms with Crippen LogP contribution in [0.1, 0.15) is 56.1 Å². The van der Waals surface area contributed by atoms with Crippen LogP contribution in [0.3, 0.4) is 0 Å². The van der Waals surface area contributed by atoms with E-state index in [0.29, 0.717) is 10.4 Å². The molecule has 1 aromatic carbocycles. The number of hydrogen-bond acceptors (Lipinski definition) is 4. The highest BCUT2D eigenvalue weighted by Gasteiger charge is 2.35. The van der Waals surface area contributed by atoms with Gasteiger partial charge in [0.25, 0.3) is 5.91 Å². The van der Waals surface area contributed by atoms with Gasteiger partial charge in [0, 0.05) is 23.4 Å². The van der Waals surface area contributed by atoms with Crippen LogP contribution >= 0.6 is 11.3 Å². The molecule has 0 bridgehead atoms. The van der Waals surface area contributed by atoms with Gasteiger partial charge in [0.1, 0.15) is 0 Å². The highest BCUT2D eigenvalue weighted by atomic mass is 32.1. The molecule has 2 heterocycles. The van der Waals surface area contributed by atoms with E-state index in [1.165, 1.54) is 23.5 Å². The largest absolute Gasteiger partial charge is 0.416 e. The third-order valence-corrected chi connectivity index (χ3v) is 6.73. The fourth-order valence-corrected chi connectivity index (χ4v) is 5.32. The number of aromatic nitrogens is 2. The summed E-state index contributed by atoms with van der Waals surface area (Å²) in [6.45, 7) is 4.01. The van der Waals surface area contributed by atoms with Crippen LogP contribution in [0.4, 0.5) is 13.2 Å². The van der Waals surface area contributed by atoms with Gasteiger partial charge < -0.3 is 11.5 Å². The Bertz CT molecular complexity index is 1120. The van der Waals surface area contributed by atoms with Crippen LogP contribution in [0.25, 0.3) is 11.3 Å². The lowest BCUT2D eigenvalue weighted by Gasteiger charge is -2.21. The zero-order valence-electron chi connectivity index (χ0n) is 18.3. The second-order valence-corrected chi connectivity index (χ2v) is 9.05. The zero-order chi connectivity index (χ0) is 23.6. The number of halogens is 3. The van der Waals surface area contributed by atoms with Crippen molar-refractivity contribution < 1.29 is 18.0 Å². The monoisotopic (exact) mass is 464 g/mol. The second kappa shape index (κ2) is 9.46. The minimum absolute atomic E-state index is 0.0383. The van der Waals surface area contributed by atoms with E-state index in [1.807, 2.05) is 14.0 Å². The summed E-state index contributed by atoms with van der Waals surface area (Å²) in [5, 5.41) is 4.39. The lowest BCUT2D eigenvalue weighted by molar-refractivity contribution is -0.138. The van der Waals surface area contributed by atoms with Gasteiger partial charge >= 0.3 is 6.18 Å². The van der Waals surface area contributed by atoms with E-state index in [1.54, 1.807) is 16.9 Å². The molecule has 5 nitrogen and oxygen atoms in total. The smallest absolute Gasteiger partial charge is 0.365 e. The van der Waals surface area contributed by atoms with Gasteiger partial charge in [-0.15, -0.1) is 11.3 Å². The summed E-state index contributed by atoms with van der Waals surface area (Å²) in [5.41, 5.74) is 14.5. The summed E-state index contributed by atoms with van der Waals surface area (Å²) in [4.78, 5) is 13.5. The molecule has 1 amide bonds. The molecule has 0 aliphatic carbocycles. The molecule has 32 heavy (non-hydrogen) atoms. The maximum absolute atomic E-state index is 13.6. The van der Waals surface area contributed by atoms with E-state index < -0.39 is 23.6 Å². The first-order valence-corrected chi connectivity index (χ1v) is 11.2. The average Bonchev–Trinajstić information content (AvgIpc) is 3.25. The number of primary amides is 1. The molecular formula is C23H27F3N4OS. The predicted octanol–water partition coefficient (Wildman–Crippen LogP) is 4.81. The summed E-state index contributed by atoms with van der Waals surface area (Å²) < 4.78 is 42.5. The third-order valence-electron chi connectivity index (χ3n) is 5.60. The molecule has 9 heteroatoms. The molecule has 172 valence electrons. The number of carbonyl (C=O) groups excluding carboxylic acids is 1. The fraction of sp³-hybridized carbons (Fsp3) is 0.391. The van der Waals surface area contributed by atoms with Crippen molar-refractivity contribution >= 4 is 17.2 Å². The molecular weight excluding hydrogens is 437 g/mol. The molecule has 0 aliphatic rings. The summed E-state index contributed by atoms with van der Waals surface area (Å²) in [6, 6.07) is 5.47. The summed E-state index contributed by atoms with van der Waals surface area (Å²) in [5.74, 6) is -1.13. The standard InChI is InChI=1S/C23H27F3N4OS/c1-4-7-15-12-29-30(3)20(15)18-13(2)32-21(22(28)31)19(18)16(11-27)10-14-8-5-6-9-17(14)23(24,25)26/h5-6,8-9,12,16H,4,7,10-11,27H2,1-3H3,(H2,28,31)/t16-/m1/s1. The van der Waals surface area contributed by atoms with Crippen molar-refractivity contribution in [2.75, 3.05) is 6.54 Å². The van der Waals surface area contributed by atoms with Crippen LogP contribution in [0.2, 0.25) is 0 Å². The van der Waals surface area contributed by atoms with Crippen molar-refractivity contribution in [1.82, 2.24) is 9.78 Å². The highest BCUT2D eigenvalue weighted by molar-refractivity contribution is 7.14. The number of carbonyl (C=O) groups is 1. The summed E-state index contributed by atoms with van der Waals surface area (Å²) in [6.07, 6.45) is -0.962. The Morgan fingerprint density at radius 3 is 2.53 bits per heavy atom. The number of benzene rings is 1. The fourth-order valence-electron chi connectivity index (χ4n) is 4.23. The van der Waals surface area contributed by atoms with Crippen LogP contribution in [0, 0.1) is 6.92 Å². The van der Waals surface area contributed by atoms with Crippen LogP contribution in [0.15, 0.2) is 30.5 Å². The van der Waals surface area contributed by atoms with E-state index in [4.69, 9.17) is 11.5 Å². The number of nitrogens with two attached hydrogens (primary N) is 2. The van der Waals surface area contributed by atoms with E-state index in [0.717, 1.165) is 40.6 Å². The Morgan fingerprint density at radius 1 is 1.25 bits per heavy atom. The molecule has 0 saturated carbocycles. The Kier molecular flexibility index (Phi) is 7.09. The van der Waals surface area contributed by atoms with Crippen molar-refractivity contribution in [3.8, 4) is 11.3 Å². The third kappa shape index (κ3) is 4.59. The minimum Gasteiger partial charge on any atom is -0.365 e. The SMILES string of the molecule is CCCc1cnn(C)c1-c1c(C)sc(C(N)=O)c1[C@@H](CN)Cc1ccccc1C(F)(F)F. The van der Waals surface area contributed by atoms with Crippen molar-refractivity contribution in [2.45, 2.75) is 45.2 Å². The van der Waals surface area contributed by atoms with Crippen molar-refractivity contribution in [2.24, 2.45) is 18.5 Å². The van der Waals surface area contributed by atoms with Gasteiger partial charge in [-0.1, -0.05) is 31.5 Å². The first kappa shape index (κ1) is 24.0. The van der Waals surface area contributed by atoms with Crippen molar-refractivity contribution in [1.29, 1.82) is 0 Å². The molecule has 0 fully saturated rings. The molecule has 0 aliphatic heterocycles. The lowest BCUT2D eigenvalue weighted by atomic mass is 9.85. The first-order valence-electron chi connectivity index (χ1n) is 10.4. The van der Waals surface area contributed by atoms with Crippen molar-refractivity contribution in [3.05, 3.63) is 62.5 Å². The molecule has 3 rings (SSSR count). The number of nitrogens with zero attached hydrogens (tertiary/aromatic N) is 2. The van der Waals surface area contributed by atoms with Gasteiger partial charge in [-0.2, -0.15) is 18.3 Å². The summed E-state index contributed by atoms with van der Waals surface area (Å²) >= 11 is 1.25. The van der Waals surface area contributed by atoms with E-state index in [2.05, 4.69) is 12.0 Å². The van der Waals surface area contributed by atoms with Gasteiger partial charge in [-0.3, -0.25) is 9.48 Å². The maximum Gasteiger partial charge on any atom is 0.416 e. The predicted molar refractivity (Wildman–Crippen MR) is 121 cm³/mol. The van der Waals surface area contributed by atoms with E-state index in [9.17, 15) is 18.0 Å². The van der Waals surface area contributed by atoms with Crippen molar-refractivity contribution in [3.63, 3.8) is 0 Å². The van der Waals surface area contributed by atoms with Gasteiger partial charge in [0.2, 0.25) is 0 Å². The van der Waals surface area contributed by atoms with E-state index in [-0.39, 0.29) is 18.5 Å². The number of thiophene rings is 1. The first-order chi connectivity index (χ1) is 15.1. The molecule has 2 aromatic heterocycles. The van der Waals surface area contributed by atoms with Crippen LogP contribution in [-0.4, -0.2) is 22.2 Å². The molecule has 3 aromatic rings. The van der Waals surface area contributed by atoms with E-state index >= 15 is 0 Å². The lowest BCUT2D eigenvalue weighted by Crippen LogP contribution is -2.21. The zero-order valence-corrected chi connectivity index (χ0v) is 19.1. The number of hydrogen-bond donors (Lipinski definition) is 2. The molecule has 0 unspecified atom stereocenters. The number of rotatable bonds is 8. The number of aryl methyl sites for hydroxylation is 3. The Morgan fingerprint density at radius 2 is 1.94 bits per heavy atom. The number of amides is 1. The van der Waals surface area contributed by atoms with Gasteiger partial charge in [-0.05, 0) is 49.1 Å². The quantitative estimate of drug-likeness (QED) is 0.501. The molecule has 4 N–H and O–H groups in total. The minimum atomic E-state index is -4.48. The average molecular weight is 465 g/mol. The van der Waals surface area contributed by atoms with Gasteiger partial charge in [0.15, 0.2) is 0 Å². The molecule has 1 atom stereocenters. The second-order valence-electron chi connectivity index (χ2n) is 7.82. The maximum atomic E-state index is 13.6. The Balaban J connectivity index is 2.21. The Hall–Kier alpha value is -2.65. The molecule has 0 saturated heterocycles. The molecule has 0 radical (unpaired) electrons. The Labute approximate surface area is 189 Å². The van der Waals surface area contributed by atoms with Gasteiger partial charge in [0.05, 0.1) is 22.3 Å².